The van der Waals surface area contributed by atoms with Crippen LogP contribution in [0.3, 0.4) is 0 Å². The molecule has 0 spiro atoms. The van der Waals surface area contributed by atoms with E-state index in [-0.39, 0.29) is 0 Å². The fourth-order valence-corrected chi connectivity index (χ4v) is 2.33. The van der Waals surface area contributed by atoms with Gasteiger partial charge in [-0.1, -0.05) is 0 Å². The van der Waals surface area contributed by atoms with Crippen LogP contribution >= 0.6 is 0 Å². The molecule has 0 aromatic heterocycles. The summed E-state index contributed by atoms with van der Waals surface area (Å²) < 4.78 is 0.404. The van der Waals surface area contributed by atoms with Gasteiger partial charge in [-0.15, -0.1) is 0 Å². The van der Waals surface area contributed by atoms with Crippen LogP contribution in [0.1, 0.15) is 27.7 Å². The van der Waals surface area contributed by atoms with E-state index in [2.05, 4.69) is 33.8 Å². The van der Waals surface area contributed by atoms with Crippen LogP contribution in [0.15, 0.2) is 22.8 Å². The van der Waals surface area contributed by atoms with Crippen molar-refractivity contribution in [1.82, 2.24) is 0 Å². The molecule has 1 rings (SSSR count). The number of allylic oxidation sites excluding steroid dienone is 4. The van der Waals surface area contributed by atoms with Crippen LogP contribution in [0.4, 0.5) is 0 Å². The third-order valence-electron chi connectivity index (χ3n) is 2.44. The van der Waals surface area contributed by atoms with Crippen LogP contribution in [0.25, 0.3) is 0 Å². The summed E-state index contributed by atoms with van der Waals surface area (Å²) in [5, 5.41) is 0. The molecule has 0 N–H and O–H groups in total. The maximum absolute atomic E-state index is 2.38. The van der Waals surface area contributed by atoms with E-state index in [4.69, 9.17) is 0 Å². The molecule has 0 radical (unpaired) electrons. The fourth-order valence-electron chi connectivity index (χ4n) is 1.33. The quantitative estimate of drug-likeness (QED) is 0.579. The van der Waals surface area contributed by atoms with Crippen molar-refractivity contribution in [2.45, 2.75) is 30.8 Å². The Morgan fingerprint density at radius 3 is 1.90 bits per heavy atom. The second-order valence-corrected chi connectivity index (χ2v) is 5.83. The Balaban J connectivity index is 3.12. The molecule has 1 aliphatic rings. The number of hydrogen-bond acceptors (Lipinski definition) is 0. The molecule has 0 fully saturated rings. The van der Waals surface area contributed by atoms with E-state index in [0.29, 0.717) is 3.12 Å². The SMILES string of the molecule is CC1=C[C](C)([Zr])C(C)=C1C. The zero-order chi connectivity index (χ0) is 7.94. The van der Waals surface area contributed by atoms with E-state index in [9.17, 15) is 0 Å². The minimum atomic E-state index is 0.404. The van der Waals surface area contributed by atoms with Crippen LogP contribution in [0.5, 0.6) is 0 Å². The van der Waals surface area contributed by atoms with Crippen molar-refractivity contribution in [1.29, 1.82) is 0 Å². The minimum absolute atomic E-state index is 0.404. The number of hydrogen-bond donors (Lipinski definition) is 0. The Bertz CT molecular complexity index is 219. The molecule has 0 amide bonds. The Kier molecular flexibility index (Phi) is 2.07. The maximum atomic E-state index is 2.38. The first kappa shape index (κ1) is 8.46. The Morgan fingerprint density at radius 1 is 1.30 bits per heavy atom. The van der Waals surface area contributed by atoms with E-state index < -0.39 is 0 Å². The van der Waals surface area contributed by atoms with Crippen LogP contribution in [-0.2, 0) is 24.7 Å². The molecule has 0 aliphatic heterocycles. The first-order valence-corrected chi connectivity index (χ1v) is 4.81. The van der Waals surface area contributed by atoms with Crippen LogP contribution in [0, 0.1) is 0 Å². The van der Waals surface area contributed by atoms with Gasteiger partial charge in [0.1, 0.15) is 0 Å². The van der Waals surface area contributed by atoms with Crippen LogP contribution in [-0.4, -0.2) is 0 Å². The van der Waals surface area contributed by atoms with Gasteiger partial charge < -0.3 is 0 Å². The van der Waals surface area contributed by atoms with Crippen molar-refractivity contribution >= 4 is 0 Å². The van der Waals surface area contributed by atoms with E-state index in [1.165, 1.54) is 11.1 Å². The van der Waals surface area contributed by atoms with Crippen molar-refractivity contribution in [3.05, 3.63) is 22.8 Å². The van der Waals surface area contributed by atoms with Gasteiger partial charge in [-0.05, 0) is 0 Å². The molecule has 1 heteroatoms. The molecule has 0 heterocycles. The third kappa shape index (κ3) is 1.21. The van der Waals surface area contributed by atoms with Gasteiger partial charge >= 0.3 is 78.3 Å². The monoisotopic (exact) mass is 211 g/mol. The second kappa shape index (κ2) is 2.45. The summed E-state index contributed by atoms with van der Waals surface area (Å²) in [5.41, 5.74) is 4.53. The van der Waals surface area contributed by atoms with Gasteiger partial charge in [-0.25, -0.2) is 0 Å². The van der Waals surface area contributed by atoms with Crippen molar-refractivity contribution in [2.75, 3.05) is 0 Å². The Morgan fingerprint density at radius 2 is 1.80 bits per heavy atom. The van der Waals surface area contributed by atoms with Crippen LogP contribution < -0.4 is 0 Å². The molecular formula is C9H13Zr. The first-order valence-electron chi connectivity index (χ1n) is 3.58. The van der Waals surface area contributed by atoms with E-state index in [1.54, 1.807) is 30.3 Å². The summed E-state index contributed by atoms with van der Waals surface area (Å²) in [7, 11) is 0. The molecule has 1 aliphatic carbocycles. The van der Waals surface area contributed by atoms with E-state index >= 15 is 0 Å². The Hall–Kier alpha value is 0.363. The summed E-state index contributed by atoms with van der Waals surface area (Å²) in [5.74, 6) is 0. The summed E-state index contributed by atoms with van der Waals surface area (Å²) >= 11 is 1.60. The summed E-state index contributed by atoms with van der Waals surface area (Å²) in [4.78, 5) is 0. The molecular weight excluding hydrogens is 199 g/mol. The zero-order valence-electron chi connectivity index (χ0n) is 7.08. The molecule has 1 unspecified atom stereocenters. The molecule has 0 nitrogen and oxygen atoms in total. The van der Waals surface area contributed by atoms with Gasteiger partial charge in [-0.2, -0.15) is 0 Å². The first-order chi connectivity index (χ1) is 4.45. The molecule has 0 bridgehead atoms. The van der Waals surface area contributed by atoms with Gasteiger partial charge in [0.15, 0.2) is 0 Å². The molecule has 1 atom stereocenters. The van der Waals surface area contributed by atoms with Crippen molar-refractivity contribution < 1.29 is 24.7 Å². The summed E-state index contributed by atoms with van der Waals surface area (Å²) in [6.45, 7) is 8.97. The number of rotatable bonds is 0. The predicted octanol–water partition coefficient (Wildman–Crippen LogP) is 3.01. The summed E-state index contributed by atoms with van der Waals surface area (Å²) in [6.07, 6.45) is 2.38. The van der Waals surface area contributed by atoms with Gasteiger partial charge in [0, 0.05) is 0 Å². The molecule has 53 valence electrons. The van der Waals surface area contributed by atoms with Gasteiger partial charge in [0.25, 0.3) is 0 Å². The zero-order valence-corrected chi connectivity index (χ0v) is 9.54. The van der Waals surface area contributed by atoms with E-state index in [0.717, 1.165) is 0 Å². The average molecular weight is 212 g/mol. The predicted molar refractivity (Wildman–Crippen MR) is 40.5 cm³/mol. The van der Waals surface area contributed by atoms with Crippen molar-refractivity contribution in [3.8, 4) is 0 Å². The summed E-state index contributed by atoms with van der Waals surface area (Å²) in [6, 6.07) is 0. The van der Waals surface area contributed by atoms with Gasteiger partial charge in [0.2, 0.25) is 0 Å². The molecule has 10 heavy (non-hydrogen) atoms. The third-order valence-corrected chi connectivity index (χ3v) is 3.71. The molecule has 0 aromatic rings. The standard InChI is InChI=1S/C9H13.Zr/c1-6-5-7(2)9(4)8(6)3;/h5H,1-4H3;. The van der Waals surface area contributed by atoms with Crippen molar-refractivity contribution in [3.63, 3.8) is 0 Å². The van der Waals surface area contributed by atoms with Gasteiger partial charge in [0.05, 0.1) is 0 Å². The van der Waals surface area contributed by atoms with Crippen LogP contribution in [0.2, 0.25) is 3.12 Å². The fraction of sp³-hybridized carbons (Fsp3) is 0.556. The normalized spacial score (nSPS) is 32.9. The molecule has 0 saturated carbocycles. The van der Waals surface area contributed by atoms with Crippen molar-refractivity contribution in [2.24, 2.45) is 0 Å². The Labute approximate surface area is 78.2 Å². The van der Waals surface area contributed by atoms with E-state index in [1.807, 2.05) is 0 Å². The molecule has 0 saturated heterocycles. The topological polar surface area (TPSA) is 0 Å². The van der Waals surface area contributed by atoms with Gasteiger partial charge in [-0.3, -0.25) is 0 Å². The average Bonchev–Trinajstić information content (AvgIpc) is 1.95. The molecule has 0 aromatic carbocycles. The second-order valence-electron chi connectivity index (χ2n) is 3.28.